The number of hydrogen-bond donors (Lipinski definition) is 1. The van der Waals surface area contributed by atoms with E-state index in [0.29, 0.717) is 28.4 Å². The van der Waals surface area contributed by atoms with Gasteiger partial charge in [0.15, 0.2) is 11.5 Å². The molecule has 1 saturated heterocycles. The van der Waals surface area contributed by atoms with Gasteiger partial charge in [-0.05, 0) is 55.3 Å². The molecule has 0 radical (unpaired) electrons. The van der Waals surface area contributed by atoms with Gasteiger partial charge >= 0.3 is 0 Å². The second-order valence-electron chi connectivity index (χ2n) is 9.09. The van der Waals surface area contributed by atoms with Crippen molar-refractivity contribution in [2.75, 3.05) is 24.4 Å². The van der Waals surface area contributed by atoms with Crippen LogP contribution in [0.5, 0.6) is 11.5 Å². The van der Waals surface area contributed by atoms with Crippen LogP contribution in [0.4, 0.5) is 11.4 Å². The first-order valence-corrected chi connectivity index (χ1v) is 12.1. The van der Waals surface area contributed by atoms with Crippen LogP contribution in [0, 0.1) is 0 Å². The molecule has 9 nitrogen and oxygen atoms in total. The van der Waals surface area contributed by atoms with E-state index in [9.17, 15) is 19.2 Å². The molecule has 1 aliphatic carbocycles. The monoisotopic (exact) mass is 493 g/mol. The van der Waals surface area contributed by atoms with Gasteiger partial charge in [0.2, 0.25) is 11.8 Å². The van der Waals surface area contributed by atoms with E-state index in [1.54, 1.807) is 47.4 Å². The molecule has 1 unspecified atom stereocenters. The molecule has 4 amide bonds. The lowest BCUT2D eigenvalue weighted by Crippen LogP contribution is -2.51. The second kappa shape index (κ2) is 10.8. The molecular weight excluding hydrogens is 462 g/mol. The number of amides is 4. The summed E-state index contributed by atoms with van der Waals surface area (Å²) >= 11 is 0. The van der Waals surface area contributed by atoms with E-state index in [-0.39, 0.29) is 30.2 Å². The summed E-state index contributed by atoms with van der Waals surface area (Å²) in [6.07, 6.45) is 4.49. The molecule has 0 spiro atoms. The number of rotatable bonds is 7. The van der Waals surface area contributed by atoms with Gasteiger partial charge in [-0.25, -0.2) is 4.90 Å². The van der Waals surface area contributed by atoms with E-state index in [2.05, 4.69) is 5.32 Å². The highest BCUT2D eigenvalue weighted by Crippen LogP contribution is 2.34. The van der Waals surface area contributed by atoms with Crippen LogP contribution in [0.15, 0.2) is 42.5 Å². The third-order valence-corrected chi connectivity index (χ3v) is 6.74. The van der Waals surface area contributed by atoms with E-state index in [0.717, 1.165) is 37.0 Å². The lowest BCUT2D eigenvalue weighted by Gasteiger charge is -2.37. The molecule has 4 rings (SSSR count). The summed E-state index contributed by atoms with van der Waals surface area (Å²) in [6, 6.07) is 10.4. The fraction of sp³-hybridized carbons (Fsp3) is 0.407. The molecule has 2 fully saturated rings. The van der Waals surface area contributed by atoms with Crippen LogP contribution in [-0.2, 0) is 14.4 Å². The number of carbonyl (C=O) groups is 4. The first kappa shape index (κ1) is 25.2. The van der Waals surface area contributed by atoms with E-state index in [1.165, 1.54) is 21.1 Å². The number of carbonyl (C=O) groups excluding carboxylic acids is 4. The fourth-order valence-electron chi connectivity index (χ4n) is 5.04. The molecular formula is C27H31N3O6. The highest BCUT2D eigenvalue weighted by Gasteiger charge is 2.46. The predicted octanol–water partition coefficient (Wildman–Crippen LogP) is 3.77. The van der Waals surface area contributed by atoms with Crippen molar-refractivity contribution >= 4 is 35.0 Å². The SMILES string of the molecule is COc1ccc(C(=O)N(C2CCCCC2)C2CC(=O)N(c3ccc(NC(C)=O)cc3)C2=O)cc1OC. The van der Waals surface area contributed by atoms with E-state index >= 15 is 0 Å². The number of methoxy groups -OCH3 is 2. The van der Waals surface area contributed by atoms with Crippen molar-refractivity contribution in [1.82, 2.24) is 4.90 Å². The van der Waals surface area contributed by atoms with Crippen LogP contribution in [0.2, 0.25) is 0 Å². The van der Waals surface area contributed by atoms with Gasteiger partial charge < -0.3 is 19.7 Å². The minimum absolute atomic E-state index is 0.0815. The Morgan fingerprint density at radius 1 is 0.944 bits per heavy atom. The van der Waals surface area contributed by atoms with E-state index in [4.69, 9.17) is 9.47 Å². The molecule has 1 aliphatic heterocycles. The zero-order chi connectivity index (χ0) is 25.8. The molecule has 190 valence electrons. The van der Waals surface area contributed by atoms with Crippen molar-refractivity contribution in [2.24, 2.45) is 0 Å². The molecule has 1 heterocycles. The Labute approximate surface area is 210 Å². The van der Waals surface area contributed by atoms with Crippen LogP contribution < -0.4 is 19.7 Å². The minimum Gasteiger partial charge on any atom is -0.493 e. The largest absolute Gasteiger partial charge is 0.493 e. The average molecular weight is 494 g/mol. The predicted molar refractivity (Wildman–Crippen MR) is 134 cm³/mol. The summed E-state index contributed by atoms with van der Waals surface area (Å²) in [5.41, 5.74) is 1.34. The fourth-order valence-corrected chi connectivity index (χ4v) is 5.04. The Hall–Kier alpha value is -3.88. The number of nitrogens with zero attached hydrogens (tertiary/aromatic N) is 2. The molecule has 0 aromatic heterocycles. The molecule has 0 bridgehead atoms. The topological polar surface area (TPSA) is 105 Å². The Kier molecular flexibility index (Phi) is 7.57. The number of ether oxygens (including phenoxy) is 2. The Morgan fingerprint density at radius 2 is 1.61 bits per heavy atom. The third-order valence-electron chi connectivity index (χ3n) is 6.74. The number of nitrogens with one attached hydrogen (secondary N) is 1. The molecule has 2 aromatic carbocycles. The average Bonchev–Trinajstić information content (AvgIpc) is 3.17. The molecule has 1 atom stereocenters. The maximum Gasteiger partial charge on any atom is 0.257 e. The molecule has 1 saturated carbocycles. The maximum atomic E-state index is 13.8. The van der Waals surface area contributed by atoms with Gasteiger partial charge in [0.05, 0.1) is 26.3 Å². The normalized spacial score (nSPS) is 18.2. The van der Waals surface area contributed by atoms with Crippen molar-refractivity contribution in [3.8, 4) is 11.5 Å². The third kappa shape index (κ3) is 5.05. The molecule has 2 aromatic rings. The summed E-state index contributed by atoms with van der Waals surface area (Å²) < 4.78 is 10.7. The number of anilines is 2. The summed E-state index contributed by atoms with van der Waals surface area (Å²) in [5, 5.41) is 2.67. The number of hydrogen-bond acceptors (Lipinski definition) is 6. The zero-order valence-electron chi connectivity index (χ0n) is 20.8. The molecule has 36 heavy (non-hydrogen) atoms. The van der Waals surface area contributed by atoms with Crippen LogP contribution in [0.1, 0.15) is 55.8 Å². The summed E-state index contributed by atoms with van der Waals surface area (Å²) in [6.45, 7) is 1.40. The van der Waals surface area contributed by atoms with Crippen LogP contribution in [0.25, 0.3) is 0 Å². The van der Waals surface area contributed by atoms with Crippen molar-refractivity contribution in [2.45, 2.75) is 57.5 Å². The molecule has 1 N–H and O–H groups in total. The van der Waals surface area contributed by atoms with Gasteiger partial charge in [-0.15, -0.1) is 0 Å². The van der Waals surface area contributed by atoms with Crippen LogP contribution in [-0.4, -0.2) is 54.8 Å². The summed E-state index contributed by atoms with van der Waals surface area (Å²) in [4.78, 5) is 54.6. The first-order chi connectivity index (χ1) is 17.3. The number of imide groups is 1. The van der Waals surface area contributed by atoms with Gasteiger partial charge in [0.1, 0.15) is 6.04 Å². The smallest absolute Gasteiger partial charge is 0.257 e. The van der Waals surface area contributed by atoms with Gasteiger partial charge in [0.25, 0.3) is 11.8 Å². The van der Waals surface area contributed by atoms with E-state index in [1.807, 2.05) is 0 Å². The Morgan fingerprint density at radius 3 is 2.22 bits per heavy atom. The van der Waals surface area contributed by atoms with E-state index < -0.39 is 11.9 Å². The number of benzene rings is 2. The van der Waals surface area contributed by atoms with Crippen molar-refractivity contribution in [1.29, 1.82) is 0 Å². The highest BCUT2D eigenvalue weighted by molar-refractivity contribution is 6.23. The van der Waals surface area contributed by atoms with Gasteiger partial charge in [-0.2, -0.15) is 0 Å². The Bertz CT molecular complexity index is 1160. The first-order valence-electron chi connectivity index (χ1n) is 12.1. The quantitative estimate of drug-likeness (QED) is 0.589. The van der Waals surface area contributed by atoms with Crippen LogP contribution >= 0.6 is 0 Å². The zero-order valence-corrected chi connectivity index (χ0v) is 20.8. The summed E-state index contributed by atoms with van der Waals surface area (Å²) in [7, 11) is 3.02. The molecule has 9 heteroatoms. The van der Waals surface area contributed by atoms with Crippen LogP contribution in [0.3, 0.4) is 0 Å². The highest BCUT2D eigenvalue weighted by atomic mass is 16.5. The van der Waals surface area contributed by atoms with Crippen molar-refractivity contribution < 1.29 is 28.7 Å². The summed E-state index contributed by atoms with van der Waals surface area (Å²) in [5.74, 6) is -0.393. The maximum absolute atomic E-state index is 13.8. The van der Waals surface area contributed by atoms with Gasteiger partial charge in [0, 0.05) is 24.2 Å². The van der Waals surface area contributed by atoms with Gasteiger partial charge in [-0.3, -0.25) is 19.2 Å². The second-order valence-corrected chi connectivity index (χ2v) is 9.09. The van der Waals surface area contributed by atoms with Crippen molar-refractivity contribution in [3.05, 3.63) is 48.0 Å². The lowest BCUT2D eigenvalue weighted by molar-refractivity contribution is -0.123. The molecule has 2 aliphatic rings. The van der Waals surface area contributed by atoms with Gasteiger partial charge in [-0.1, -0.05) is 19.3 Å². The standard InChI is InChI=1S/C27H31N3O6/c1-17(31)28-19-10-12-21(13-11-19)30-25(32)16-22(27(30)34)29(20-7-5-4-6-8-20)26(33)18-9-14-23(35-2)24(15-18)36-3/h9-15,20,22H,4-8,16H2,1-3H3,(H,28,31). The minimum atomic E-state index is -0.892. The van der Waals surface area contributed by atoms with Crippen molar-refractivity contribution in [3.63, 3.8) is 0 Å². The lowest BCUT2D eigenvalue weighted by atomic mass is 9.92. The Balaban J connectivity index is 1.65.